The van der Waals surface area contributed by atoms with Crippen LogP contribution in [0.3, 0.4) is 0 Å². The third-order valence-electron chi connectivity index (χ3n) is 5.93. The molecule has 2 heterocycles. The van der Waals surface area contributed by atoms with E-state index in [1.54, 1.807) is 0 Å². The predicted molar refractivity (Wildman–Crippen MR) is 120 cm³/mol. The molecular formula is C25H24N2O7. The van der Waals surface area contributed by atoms with Gasteiger partial charge in [0.1, 0.15) is 0 Å². The van der Waals surface area contributed by atoms with E-state index in [1.807, 2.05) is 0 Å². The maximum atomic E-state index is 13.6. The Morgan fingerprint density at radius 1 is 0.588 bits per heavy atom. The zero-order valence-corrected chi connectivity index (χ0v) is 19.0. The second-order valence-corrected chi connectivity index (χ2v) is 8.07. The molecule has 0 saturated carbocycles. The van der Waals surface area contributed by atoms with Gasteiger partial charge in [-0.05, 0) is 37.1 Å². The molecule has 0 unspecified atom stereocenters. The fourth-order valence-corrected chi connectivity index (χ4v) is 4.17. The van der Waals surface area contributed by atoms with Gasteiger partial charge in [-0.2, -0.15) is 0 Å². The van der Waals surface area contributed by atoms with Gasteiger partial charge in [0, 0.05) is 51.6 Å². The Bertz CT molecular complexity index is 1120. The van der Waals surface area contributed by atoms with Gasteiger partial charge >= 0.3 is 0 Å². The van der Waals surface area contributed by atoms with Crippen LogP contribution in [0.4, 0.5) is 0 Å². The summed E-state index contributed by atoms with van der Waals surface area (Å²) in [5, 5.41) is 0. The molecule has 0 aliphatic carbocycles. The van der Waals surface area contributed by atoms with Crippen molar-refractivity contribution in [2.45, 2.75) is 12.8 Å². The van der Waals surface area contributed by atoms with Gasteiger partial charge in [0.15, 0.2) is 5.78 Å². The molecule has 0 saturated heterocycles. The molecule has 9 heteroatoms. The first-order chi connectivity index (χ1) is 16.4. The van der Waals surface area contributed by atoms with Crippen molar-refractivity contribution >= 4 is 29.4 Å². The highest BCUT2D eigenvalue weighted by molar-refractivity contribution is 6.24. The Hall–Kier alpha value is -3.69. The molecule has 2 aromatic rings. The largest absolute Gasteiger partial charge is 0.385 e. The maximum Gasteiger partial charge on any atom is 0.261 e. The normalized spacial score (nSPS) is 15.3. The Labute approximate surface area is 196 Å². The number of imide groups is 2. The molecule has 0 atom stereocenters. The summed E-state index contributed by atoms with van der Waals surface area (Å²) in [6, 6.07) is 8.30. The molecule has 0 N–H and O–H groups in total. The molecule has 4 bridgehead atoms. The summed E-state index contributed by atoms with van der Waals surface area (Å²) in [7, 11) is 3.02. The molecular weight excluding hydrogens is 440 g/mol. The Morgan fingerprint density at radius 2 is 0.971 bits per heavy atom. The molecule has 4 amide bonds. The molecule has 4 rings (SSSR count). The van der Waals surface area contributed by atoms with Gasteiger partial charge in [0.25, 0.3) is 23.6 Å². The standard InChI is InChI=1S/C25H24N2O7/c1-33-11-3-9-26-22(29)17-7-5-15-13-19(17)24(31)27(10-4-12-34-2)25(32)20-14-16(21(15)28)6-8-18(20)23(26)30/h5-8,13-14H,3-4,9-12H2,1-2H3. The van der Waals surface area contributed by atoms with Crippen LogP contribution in [-0.2, 0) is 9.47 Å². The second kappa shape index (κ2) is 9.66. The van der Waals surface area contributed by atoms with E-state index in [-0.39, 0.29) is 46.5 Å². The summed E-state index contributed by atoms with van der Waals surface area (Å²) in [6.45, 7) is 0.675. The van der Waals surface area contributed by atoms with Crippen molar-refractivity contribution in [3.8, 4) is 0 Å². The SMILES string of the molecule is COCCCN1C(=O)c2ccc3cc2C(=O)N(CCCOC)C(=O)c2cc(ccc2C1=O)C3=O. The topological polar surface area (TPSA) is 110 Å². The van der Waals surface area contributed by atoms with Gasteiger partial charge in [-0.25, -0.2) is 0 Å². The monoisotopic (exact) mass is 464 g/mol. The van der Waals surface area contributed by atoms with Crippen LogP contribution in [0.2, 0.25) is 0 Å². The van der Waals surface area contributed by atoms with E-state index in [2.05, 4.69) is 0 Å². The Morgan fingerprint density at radius 3 is 1.35 bits per heavy atom. The van der Waals surface area contributed by atoms with Crippen molar-refractivity contribution in [2.75, 3.05) is 40.5 Å². The number of benzene rings is 2. The first-order valence-electron chi connectivity index (χ1n) is 10.9. The number of methoxy groups -OCH3 is 2. The molecule has 0 radical (unpaired) electrons. The minimum Gasteiger partial charge on any atom is -0.385 e. The smallest absolute Gasteiger partial charge is 0.261 e. The third kappa shape index (κ3) is 4.04. The number of carbonyl (C=O) groups excluding carboxylic acids is 5. The first kappa shape index (κ1) is 23.5. The molecule has 0 fully saturated rings. The van der Waals surface area contributed by atoms with Crippen molar-refractivity contribution in [2.24, 2.45) is 0 Å². The third-order valence-corrected chi connectivity index (χ3v) is 5.93. The van der Waals surface area contributed by atoms with E-state index in [9.17, 15) is 24.0 Å². The number of nitrogens with zero attached hydrogens (tertiary/aromatic N) is 2. The van der Waals surface area contributed by atoms with E-state index >= 15 is 0 Å². The highest BCUT2D eigenvalue weighted by Crippen LogP contribution is 2.28. The van der Waals surface area contributed by atoms with E-state index in [4.69, 9.17) is 9.47 Å². The quantitative estimate of drug-likeness (QED) is 0.435. The summed E-state index contributed by atoms with van der Waals surface area (Å²) in [6.07, 6.45) is 0.736. The minimum absolute atomic E-state index is 0.0206. The van der Waals surface area contributed by atoms with Gasteiger partial charge in [0.05, 0.1) is 22.3 Å². The average Bonchev–Trinajstić information content (AvgIpc) is 2.85. The van der Waals surface area contributed by atoms with Crippen LogP contribution in [-0.4, -0.2) is 79.7 Å². The summed E-state index contributed by atoms with van der Waals surface area (Å²) < 4.78 is 10.1. The predicted octanol–water partition coefficient (Wildman–Crippen LogP) is 2.18. The van der Waals surface area contributed by atoms with Crippen LogP contribution in [0.15, 0.2) is 36.4 Å². The van der Waals surface area contributed by atoms with E-state index in [0.717, 1.165) is 9.80 Å². The molecule has 0 aromatic heterocycles. The fraction of sp³-hybridized carbons (Fsp3) is 0.320. The van der Waals surface area contributed by atoms with Crippen LogP contribution < -0.4 is 0 Å². The van der Waals surface area contributed by atoms with Crippen molar-refractivity contribution < 1.29 is 33.4 Å². The van der Waals surface area contributed by atoms with Gasteiger partial charge in [-0.15, -0.1) is 0 Å². The lowest BCUT2D eigenvalue weighted by Crippen LogP contribution is -2.45. The highest BCUT2D eigenvalue weighted by atomic mass is 16.5. The van der Waals surface area contributed by atoms with Crippen LogP contribution >= 0.6 is 0 Å². The second-order valence-electron chi connectivity index (χ2n) is 8.07. The summed E-state index contributed by atoms with van der Waals surface area (Å²) >= 11 is 0. The zero-order chi connectivity index (χ0) is 24.4. The van der Waals surface area contributed by atoms with Gasteiger partial charge in [-0.3, -0.25) is 33.8 Å². The van der Waals surface area contributed by atoms with Gasteiger partial charge < -0.3 is 9.47 Å². The summed E-state index contributed by atoms with van der Waals surface area (Å²) in [5.41, 5.74) is 0.135. The molecule has 9 nitrogen and oxygen atoms in total. The average molecular weight is 464 g/mol. The lowest BCUT2D eigenvalue weighted by Gasteiger charge is -2.29. The number of ketones is 1. The molecule has 176 valence electrons. The van der Waals surface area contributed by atoms with E-state index in [1.165, 1.54) is 50.6 Å². The summed E-state index contributed by atoms with van der Waals surface area (Å²) in [4.78, 5) is 69.5. The molecule has 34 heavy (non-hydrogen) atoms. The maximum absolute atomic E-state index is 13.6. The minimum atomic E-state index is -0.705. The van der Waals surface area contributed by atoms with Crippen molar-refractivity contribution in [3.05, 3.63) is 69.8 Å². The number of amides is 4. The molecule has 2 aliphatic rings. The highest BCUT2D eigenvalue weighted by Gasteiger charge is 2.37. The lowest BCUT2D eigenvalue weighted by molar-refractivity contribution is 0.0546. The number of hydrogen-bond acceptors (Lipinski definition) is 7. The zero-order valence-electron chi connectivity index (χ0n) is 19.0. The van der Waals surface area contributed by atoms with Crippen molar-refractivity contribution in [1.82, 2.24) is 9.80 Å². The molecule has 0 spiro atoms. The first-order valence-corrected chi connectivity index (χ1v) is 10.9. The lowest BCUT2D eigenvalue weighted by atomic mass is 9.91. The van der Waals surface area contributed by atoms with E-state index in [0.29, 0.717) is 26.1 Å². The van der Waals surface area contributed by atoms with Crippen LogP contribution in [0.5, 0.6) is 0 Å². The Kier molecular flexibility index (Phi) is 6.67. The fourth-order valence-electron chi connectivity index (χ4n) is 4.17. The number of fused-ring (bicyclic) bond motifs is 4. The summed E-state index contributed by atoms with van der Waals surface area (Å²) in [5.74, 6) is -3.17. The Balaban J connectivity index is 1.99. The number of ether oxygens (including phenoxy) is 2. The van der Waals surface area contributed by atoms with E-state index < -0.39 is 29.4 Å². The van der Waals surface area contributed by atoms with Crippen LogP contribution in [0.25, 0.3) is 0 Å². The van der Waals surface area contributed by atoms with Crippen molar-refractivity contribution in [3.63, 3.8) is 0 Å². The number of rotatable bonds is 8. The molecule has 2 aliphatic heterocycles. The molecule has 2 aromatic carbocycles. The van der Waals surface area contributed by atoms with Crippen molar-refractivity contribution in [1.29, 1.82) is 0 Å². The number of hydrogen-bond donors (Lipinski definition) is 0. The van der Waals surface area contributed by atoms with Crippen LogP contribution in [0, 0.1) is 0 Å². The number of carbonyl (C=O) groups is 5. The van der Waals surface area contributed by atoms with Crippen LogP contribution in [0.1, 0.15) is 70.2 Å². The van der Waals surface area contributed by atoms with Gasteiger partial charge in [-0.1, -0.05) is 12.1 Å². The van der Waals surface area contributed by atoms with Gasteiger partial charge in [0.2, 0.25) is 0 Å².